The van der Waals surface area contributed by atoms with E-state index in [0.717, 1.165) is 73.7 Å². The fourth-order valence-corrected chi connectivity index (χ4v) is 10.4. The summed E-state index contributed by atoms with van der Waals surface area (Å²) in [4.78, 5) is 81.3. The average Bonchev–Trinajstić information content (AvgIpc) is 4.06. The summed E-state index contributed by atoms with van der Waals surface area (Å²) in [6, 6.07) is 26.5. The van der Waals surface area contributed by atoms with Crippen LogP contribution in [0.25, 0.3) is 10.2 Å². The van der Waals surface area contributed by atoms with Crippen molar-refractivity contribution in [1.82, 2.24) is 4.98 Å². The third-order valence-electron chi connectivity index (χ3n) is 14.1. The second-order valence-electron chi connectivity index (χ2n) is 20.9. The Bertz CT molecular complexity index is 2910. The van der Waals surface area contributed by atoms with Gasteiger partial charge < -0.3 is 37.9 Å². The maximum absolute atomic E-state index is 13.9. The van der Waals surface area contributed by atoms with Crippen LogP contribution in [0, 0.1) is 29.6 Å². The summed E-state index contributed by atoms with van der Waals surface area (Å²) < 4.78 is 46.3. The zero-order valence-corrected chi connectivity index (χ0v) is 47.8. The number of esters is 6. The van der Waals surface area contributed by atoms with E-state index in [0.29, 0.717) is 118 Å². The Morgan fingerprint density at radius 1 is 0.549 bits per heavy atom. The zero-order chi connectivity index (χ0) is 58.1. The topological polar surface area (TPSA) is 205 Å². The van der Waals surface area contributed by atoms with Crippen LogP contribution in [-0.4, -0.2) is 80.0 Å². The third-order valence-corrected chi connectivity index (χ3v) is 15.1. The molecule has 0 atom stereocenters. The van der Waals surface area contributed by atoms with Crippen LogP contribution in [0.3, 0.4) is 0 Å². The minimum absolute atomic E-state index is 0.217. The molecule has 5 aromatic rings. The number of aromatic nitrogens is 1. The first kappa shape index (κ1) is 61.8. The molecule has 0 saturated heterocycles. The highest BCUT2D eigenvalue weighted by Gasteiger charge is 2.34. The number of rotatable bonds is 31. The summed E-state index contributed by atoms with van der Waals surface area (Å²) in [6.07, 6.45) is 14.4. The molecular weight excluding hydrogens is 1070 g/mol. The molecule has 2 fully saturated rings. The van der Waals surface area contributed by atoms with Crippen LogP contribution in [0.1, 0.15) is 122 Å². The number of para-hydroxylation sites is 1. The fraction of sp³-hybridized carbons (Fsp3) is 0.438. The number of hydrogen-bond donors (Lipinski definition) is 0. The Hall–Kier alpha value is -7.86. The predicted octanol–water partition coefficient (Wildman–Crippen LogP) is 12.8. The molecule has 4 aromatic carbocycles. The number of anilines is 1. The average molecular weight is 1140 g/mol. The second-order valence-corrected chi connectivity index (χ2v) is 21.9. The standard InChI is InChI=1S/C64H75N3O14S/c1-5-58(68)76-39-15-9-7-13-37-74-50-27-31-52(32-28-50)78-60(70)45-19-21-47(22-20-45)62(72)80-54-35-36-56(49(41-54)42-65-67(43-44(3)4)64-66-55-17-11-12-18-57(55)82-64)81-63(73)48-25-23-46(24-26-48)61(71)79-53-33-29-51(30-34-53)75-38-14-8-10-16-40-77-59(69)6-2/h5-6,11-12,17-18,27-36,41-42,44-48H,1-2,7-10,13-16,19-26,37-40,43H2,3-4H3/b65-42+/t45?,46-,47?,48-. The predicted molar refractivity (Wildman–Crippen MR) is 312 cm³/mol. The molecule has 2 aliphatic rings. The van der Waals surface area contributed by atoms with Gasteiger partial charge in [0.2, 0.25) is 5.13 Å². The Morgan fingerprint density at radius 3 is 1.41 bits per heavy atom. The van der Waals surface area contributed by atoms with Gasteiger partial charge in [-0.15, -0.1) is 0 Å². The second kappa shape index (κ2) is 32.5. The van der Waals surface area contributed by atoms with E-state index in [9.17, 15) is 28.8 Å². The molecule has 7 rings (SSSR count). The number of ether oxygens (including phenoxy) is 8. The molecule has 0 aliphatic heterocycles. The van der Waals surface area contributed by atoms with Crippen molar-refractivity contribution in [2.24, 2.45) is 34.7 Å². The number of thiazole rings is 1. The van der Waals surface area contributed by atoms with Gasteiger partial charge in [0, 0.05) is 24.3 Å². The summed E-state index contributed by atoms with van der Waals surface area (Å²) in [7, 11) is 0. The lowest BCUT2D eigenvalue weighted by Gasteiger charge is -2.26. The zero-order valence-electron chi connectivity index (χ0n) is 47.0. The lowest BCUT2D eigenvalue weighted by Crippen LogP contribution is -2.30. The van der Waals surface area contributed by atoms with E-state index in [4.69, 9.17) is 48.0 Å². The highest BCUT2D eigenvalue weighted by atomic mass is 32.1. The highest BCUT2D eigenvalue weighted by molar-refractivity contribution is 7.22. The Labute approximate surface area is 483 Å². The molecule has 0 N–H and O–H groups in total. The molecular formula is C64H75N3O14S. The molecule has 2 aliphatic carbocycles. The van der Waals surface area contributed by atoms with Crippen molar-refractivity contribution < 1.29 is 66.7 Å². The number of nitrogens with zero attached hydrogens (tertiary/aromatic N) is 3. The van der Waals surface area contributed by atoms with Crippen molar-refractivity contribution >= 4 is 68.7 Å². The smallest absolute Gasteiger partial charge is 0.330 e. The molecule has 17 nitrogen and oxygen atoms in total. The maximum Gasteiger partial charge on any atom is 0.330 e. The lowest BCUT2D eigenvalue weighted by molar-refractivity contribution is -0.145. The molecule has 82 heavy (non-hydrogen) atoms. The number of carbonyl (C=O) groups excluding carboxylic acids is 6. The Kier molecular flexibility index (Phi) is 24.5. The normalized spacial score (nSPS) is 16.9. The number of carbonyl (C=O) groups is 6. The van der Waals surface area contributed by atoms with E-state index >= 15 is 0 Å². The highest BCUT2D eigenvalue weighted by Crippen LogP contribution is 2.36. The van der Waals surface area contributed by atoms with Crippen LogP contribution < -0.4 is 33.4 Å². The van der Waals surface area contributed by atoms with Crippen LogP contribution in [0.4, 0.5) is 5.13 Å². The molecule has 18 heteroatoms. The molecule has 0 radical (unpaired) electrons. The molecule has 0 spiro atoms. The number of hydrazone groups is 1. The third kappa shape index (κ3) is 20.0. The van der Waals surface area contributed by atoms with Crippen LogP contribution in [0.5, 0.6) is 34.5 Å². The van der Waals surface area contributed by atoms with Gasteiger partial charge in [-0.1, -0.05) is 50.5 Å². The Balaban J connectivity index is 0.898. The Morgan fingerprint density at radius 2 is 0.963 bits per heavy atom. The van der Waals surface area contributed by atoms with Crippen LogP contribution in [-0.2, 0) is 38.2 Å². The monoisotopic (exact) mass is 1140 g/mol. The van der Waals surface area contributed by atoms with Gasteiger partial charge in [0.15, 0.2) is 0 Å². The minimum atomic E-state index is -0.466. The van der Waals surface area contributed by atoms with Gasteiger partial charge in [-0.05, 0) is 188 Å². The van der Waals surface area contributed by atoms with Crippen LogP contribution in [0.15, 0.2) is 121 Å². The summed E-state index contributed by atoms with van der Waals surface area (Å²) in [6.45, 7) is 13.3. The number of benzene rings is 4. The first-order valence-electron chi connectivity index (χ1n) is 28.6. The maximum atomic E-state index is 13.9. The van der Waals surface area contributed by atoms with Crippen molar-refractivity contribution in [2.45, 2.75) is 117 Å². The number of hydrogen-bond acceptors (Lipinski definition) is 18. The molecule has 0 bridgehead atoms. The van der Waals surface area contributed by atoms with Crippen molar-refractivity contribution in [3.05, 3.63) is 122 Å². The molecule has 2 saturated carbocycles. The van der Waals surface area contributed by atoms with Gasteiger partial charge in [-0.2, -0.15) is 5.10 Å². The molecule has 1 aromatic heterocycles. The molecule has 436 valence electrons. The van der Waals surface area contributed by atoms with Gasteiger partial charge >= 0.3 is 35.8 Å². The van der Waals surface area contributed by atoms with Crippen molar-refractivity contribution in [2.75, 3.05) is 38.0 Å². The van der Waals surface area contributed by atoms with E-state index in [1.165, 1.54) is 11.3 Å². The number of fused-ring (bicyclic) bond motifs is 1. The minimum Gasteiger partial charge on any atom is -0.494 e. The fourth-order valence-electron chi connectivity index (χ4n) is 9.49. The summed E-state index contributed by atoms with van der Waals surface area (Å²) in [5.41, 5.74) is 1.26. The van der Waals surface area contributed by atoms with E-state index in [1.807, 2.05) is 29.3 Å². The van der Waals surface area contributed by atoms with E-state index in [-0.39, 0.29) is 41.2 Å². The number of unbranched alkanes of at least 4 members (excludes halogenated alkanes) is 6. The van der Waals surface area contributed by atoms with Gasteiger partial charge in [-0.25, -0.2) is 19.6 Å². The van der Waals surface area contributed by atoms with Gasteiger partial charge in [0.25, 0.3) is 0 Å². The SMILES string of the molecule is C=CC(=O)OCCCCCCOc1ccc(OC(=O)C2CCC(C(=O)Oc3ccc(OC(=O)[C@H]4CC[C@H](C(=O)Oc5ccc(OCCCCCCOC(=O)C=C)cc5)CC4)c(/C=N/N(CC(C)C)c4nc5ccccc5s4)c3)CC2)cc1. The van der Waals surface area contributed by atoms with Crippen LogP contribution >= 0.6 is 11.3 Å². The van der Waals surface area contributed by atoms with Gasteiger partial charge in [0.05, 0.1) is 66.5 Å². The largest absolute Gasteiger partial charge is 0.494 e. The van der Waals surface area contributed by atoms with Crippen molar-refractivity contribution in [1.29, 1.82) is 0 Å². The summed E-state index contributed by atoms with van der Waals surface area (Å²) >= 11 is 1.51. The van der Waals surface area contributed by atoms with E-state index in [2.05, 4.69) is 27.0 Å². The summed E-state index contributed by atoms with van der Waals surface area (Å²) in [5.74, 6) is -1.24. The van der Waals surface area contributed by atoms with E-state index in [1.54, 1.807) is 72.9 Å². The molecule has 0 amide bonds. The van der Waals surface area contributed by atoms with E-state index < -0.39 is 35.7 Å². The summed E-state index contributed by atoms with van der Waals surface area (Å²) in [5, 5.41) is 7.38. The van der Waals surface area contributed by atoms with Crippen LogP contribution in [0.2, 0.25) is 0 Å². The quantitative estimate of drug-likeness (QED) is 0.0101. The van der Waals surface area contributed by atoms with Crippen molar-refractivity contribution in [3.63, 3.8) is 0 Å². The van der Waals surface area contributed by atoms with Gasteiger partial charge in [-0.3, -0.25) is 19.2 Å². The lowest BCUT2D eigenvalue weighted by atomic mass is 9.82. The first-order chi connectivity index (χ1) is 39.8. The first-order valence-corrected chi connectivity index (χ1v) is 29.4. The molecule has 1 heterocycles. The van der Waals surface area contributed by atoms with Gasteiger partial charge in [0.1, 0.15) is 34.5 Å². The molecule has 0 unspecified atom stereocenters. The van der Waals surface area contributed by atoms with Crippen molar-refractivity contribution in [3.8, 4) is 34.5 Å².